The summed E-state index contributed by atoms with van der Waals surface area (Å²) in [7, 11) is -1.40. The van der Waals surface area contributed by atoms with Crippen LogP contribution < -0.4 is 5.43 Å². The number of rotatable bonds is 2. The molecule has 4 nitrogen and oxygen atoms in total. The number of hydrogen-bond donors (Lipinski definition) is 1. The third-order valence-electron chi connectivity index (χ3n) is 1.86. The van der Waals surface area contributed by atoms with Crippen molar-refractivity contribution in [2.24, 2.45) is 5.10 Å². The van der Waals surface area contributed by atoms with Crippen molar-refractivity contribution in [3.63, 3.8) is 0 Å². The molecule has 18 heavy (non-hydrogen) atoms. The maximum atomic E-state index is 12.9. The maximum absolute atomic E-state index is 12.9. The van der Waals surface area contributed by atoms with E-state index >= 15 is 0 Å². The number of aryl methyl sites for hydroxylation is 1. The largest absolute Gasteiger partial charge is 0.244 e. The summed E-state index contributed by atoms with van der Waals surface area (Å²) >= 11 is 0. The maximum Gasteiger partial charge on any atom is 0.243 e. The summed E-state index contributed by atoms with van der Waals surface area (Å²) in [4.78, 5) is 7.69. The molecule has 0 aliphatic carbocycles. The minimum Gasteiger partial charge on any atom is -0.244 e. The molecule has 0 saturated carbocycles. The SMILES string of the molecule is C/C(C#C[Si](C)(C)C)=N/Nc1ncc(F)c(C)n1. The fraction of sp³-hybridized carbons (Fsp3) is 0.417. The Morgan fingerprint density at radius 2 is 2.11 bits per heavy atom. The molecule has 0 amide bonds. The summed E-state index contributed by atoms with van der Waals surface area (Å²) in [6.07, 6.45) is 1.11. The van der Waals surface area contributed by atoms with Crippen LogP contribution in [-0.4, -0.2) is 23.8 Å². The number of nitrogens with one attached hydrogen (secondary N) is 1. The highest BCUT2D eigenvalue weighted by molar-refractivity contribution is 6.84. The number of hydrazone groups is 1. The summed E-state index contributed by atoms with van der Waals surface area (Å²) in [5.41, 5.74) is 6.80. The van der Waals surface area contributed by atoms with E-state index < -0.39 is 13.9 Å². The topological polar surface area (TPSA) is 50.2 Å². The van der Waals surface area contributed by atoms with E-state index in [1.807, 2.05) is 0 Å². The van der Waals surface area contributed by atoms with E-state index in [1.54, 1.807) is 13.8 Å². The van der Waals surface area contributed by atoms with Crippen molar-refractivity contribution in [2.75, 3.05) is 5.43 Å². The second kappa shape index (κ2) is 5.73. The Balaban J connectivity index is 2.73. The second-order valence-electron chi connectivity index (χ2n) is 4.94. The van der Waals surface area contributed by atoms with E-state index in [0.29, 0.717) is 5.71 Å². The van der Waals surface area contributed by atoms with Crippen LogP contribution in [0.3, 0.4) is 0 Å². The Morgan fingerprint density at radius 1 is 1.44 bits per heavy atom. The van der Waals surface area contributed by atoms with Gasteiger partial charge in [-0.3, -0.25) is 0 Å². The molecule has 0 spiro atoms. The van der Waals surface area contributed by atoms with Crippen molar-refractivity contribution in [3.8, 4) is 11.5 Å². The van der Waals surface area contributed by atoms with Crippen LogP contribution in [0.25, 0.3) is 0 Å². The van der Waals surface area contributed by atoms with Gasteiger partial charge < -0.3 is 0 Å². The van der Waals surface area contributed by atoms with Crippen LogP contribution in [0.15, 0.2) is 11.3 Å². The average molecular weight is 264 g/mol. The lowest BCUT2D eigenvalue weighted by Gasteiger charge is -2.03. The molecule has 6 heteroatoms. The molecule has 0 unspecified atom stereocenters. The molecule has 1 rings (SSSR count). The van der Waals surface area contributed by atoms with Gasteiger partial charge in [-0.15, -0.1) is 5.54 Å². The molecule has 0 saturated heterocycles. The van der Waals surface area contributed by atoms with Crippen LogP contribution in [0.2, 0.25) is 19.6 Å². The van der Waals surface area contributed by atoms with Gasteiger partial charge in [0.2, 0.25) is 5.95 Å². The van der Waals surface area contributed by atoms with Crippen LogP contribution >= 0.6 is 0 Å². The summed E-state index contributed by atoms with van der Waals surface area (Å²) in [5, 5.41) is 4.04. The van der Waals surface area contributed by atoms with Crippen molar-refractivity contribution < 1.29 is 4.39 Å². The van der Waals surface area contributed by atoms with E-state index in [1.165, 1.54) is 0 Å². The van der Waals surface area contributed by atoms with Crippen LogP contribution in [0, 0.1) is 24.2 Å². The van der Waals surface area contributed by atoms with Crippen LogP contribution in [0.5, 0.6) is 0 Å². The minimum atomic E-state index is -1.40. The zero-order chi connectivity index (χ0) is 13.8. The Labute approximate surface area is 108 Å². The molecular formula is C12H17FN4Si. The highest BCUT2D eigenvalue weighted by Gasteiger charge is 2.07. The predicted molar refractivity (Wildman–Crippen MR) is 74.6 cm³/mol. The number of hydrogen-bond acceptors (Lipinski definition) is 4. The first kappa shape index (κ1) is 14.3. The molecule has 0 aromatic carbocycles. The normalized spacial score (nSPS) is 11.8. The van der Waals surface area contributed by atoms with Crippen molar-refractivity contribution in [2.45, 2.75) is 33.5 Å². The summed E-state index contributed by atoms with van der Waals surface area (Å²) < 4.78 is 12.9. The van der Waals surface area contributed by atoms with Gasteiger partial charge in [0, 0.05) is 0 Å². The highest BCUT2D eigenvalue weighted by Crippen LogP contribution is 2.04. The van der Waals surface area contributed by atoms with Crippen LogP contribution in [0.4, 0.5) is 10.3 Å². The molecule has 0 aliphatic rings. The van der Waals surface area contributed by atoms with Crippen molar-refractivity contribution in [3.05, 3.63) is 17.7 Å². The van der Waals surface area contributed by atoms with Gasteiger partial charge in [0.15, 0.2) is 5.82 Å². The lowest BCUT2D eigenvalue weighted by atomic mass is 10.4. The fourth-order valence-electron chi connectivity index (χ4n) is 0.946. The van der Waals surface area contributed by atoms with E-state index in [2.05, 4.69) is 51.6 Å². The molecule has 0 aliphatic heterocycles. The predicted octanol–water partition coefficient (Wildman–Crippen LogP) is 2.59. The number of nitrogens with zero attached hydrogens (tertiary/aromatic N) is 3. The number of anilines is 1. The van der Waals surface area contributed by atoms with E-state index in [9.17, 15) is 4.39 Å². The van der Waals surface area contributed by atoms with Gasteiger partial charge in [0.25, 0.3) is 0 Å². The van der Waals surface area contributed by atoms with E-state index in [4.69, 9.17) is 0 Å². The molecule has 96 valence electrons. The first-order valence-electron chi connectivity index (χ1n) is 5.60. The third-order valence-corrected chi connectivity index (χ3v) is 2.74. The molecule has 1 aromatic heterocycles. The lowest BCUT2D eigenvalue weighted by molar-refractivity contribution is 0.602. The number of halogens is 1. The molecule has 0 radical (unpaired) electrons. The number of aromatic nitrogens is 2. The molecule has 0 atom stereocenters. The lowest BCUT2D eigenvalue weighted by Crippen LogP contribution is -2.17. The van der Waals surface area contributed by atoms with E-state index in [-0.39, 0.29) is 11.6 Å². The standard InChI is InChI=1S/C12H17FN4Si/c1-9(6-7-18(3,4)5)16-17-12-14-8-11(13)10(2)15-12/h8H,1-5H3,(H,14,15,17)/b16-9-. The molecule has 1 heterocycles. The van der Waals surface area contributed by atoms with Gasteiger partial charge in [0.1, 0.15) is 13.8 Å². The summed E-state index contributed by atoms with van der Waals surface area (Å²) in [6, 6.07) is 0. The molecule has 1 N–H and O–H groups in total. The molecule has 1 aromatic rings. The zero-order valence-electron chi connectivity index (χ0n) is 11.3. The zero-order valence-corrected chi connectivity index (χ0v) is 12.3. The van der Waals surface area contributed by atoms with Gasteiger partial charge in [-0.25, -0.2) is 19.8 Å². The smallest absolute Gasteiger partial charge is 0.243 e. The Hall–Kier alpha value is -1.74. The minimum absolute atomic E-state index is 0.267. The first-order valence-corrected chi connectivity index (χ1v) is 9.10. The fourth-order valence-corrected chi connectivity index (χ4v) is 1.50. The Bertz CT molecular complexity index is 523. The van der Waals surface area contributed by atoms with Crippen LogP contribution in [0.1, 0.15) is 12.6 Å². The Morgan fingerprint density at radius 3 is 2.67 bits per heavy atom. The molecule has 0 fully saturated rings. The van der Waals surface area contributed by atoms with Gasteiger partial charge >= 0.3 is 0 Å². The van der Waals surface area contributed by atoms with Crippen molar-refractivity contribution in [1.82, 2.24) is 9.97 Å². The highest BCUT2D eigenvalue weighted by atomic mass is 28.3. The van der Waals surface area contributed by atoms with Crippen LogP contribution in [-0.2, 0) is 0 Å². The monoisotopic (exact) mass is 264 g/mol. The van der Waals surface area contributed by atoms with Crippen molar-refractivity contribution in [1.29, 1.82) is 0 Å². The third kappa shape index (κ3) is 5.06. The second-order valence-corrected chi connectivity index (χ2v) is 9.69. The average Bonchev–Trinajstić information content (AvgIpc) is 2.27. The Kier molecular flexibility index (Phi) is 4.56. The summed E-state index contributed by atoms with van der Waals surface area (Å²) in [6.45, 7) is 9.85. The van der Waals surface area contributed by atoms with Gasteiger partial charge in [-0.1, -0.05) is 25.6 Å². The van der Waals surface area contributed by atoms with Gasteiger partial charge in [-0.2, -0.15) is 5.10 Å². The van der Waals surface area contributed by atoms with Gasteiger partial charge in [-0.05, 0) is 13.8 Å². The molecule has 0 bridgehead atoms. The van der Waals surface area contributed by atoms with E-state index in [0.717, 1.165) is 6.20 Å². The molecular weight excluding hydrogens is 247 g/mol. The summed E-state index contributed by atoms with van der Waals surface area (Å²) in [5.74, 6) is 2.82. The first-order chi connectivity index (χ1) is 8.28. The quantitative estimate of drug-likeness (QED) is 0.386. The van der Waals surface area contributed by atoms with Gasteiger partial charge in [0.05, 0.1) is 11.9 Å². The van der Waals surface area contributed by atoms with Crippen molar-refractivity contribution >= 4 is 19.7 Å².